The van der Waals surface area contributed by atoms with Crippen molar-refractivity contribution in [1.29, 1.82) is 0 Å². The topological polar surface area (TPSA) is 30.7 Å². The number of hydrogen-bond donors (Lipinski definition) is 0. The van der Waals surface area contributed by atoms with Crippen molar-refractivity contribution in [1.82, 2.24) is 14.5 Å². The van der Waals surface area contributed by atoms with Crippen molar-refractivity contribution in [3.63, 3.8) is 0 Å². The second kappa shape index (κ2) is 13.2. The summed E-state index contributed by atoms with van der Waals surface area (Å²) >= 11 is 0. The molecule has 0 N–H and O–H groups in total. The molecular weight excluding hydrogens is 727 g/mol. The first kappa shape index (κ1) is 34.4. The molecule has 9 aromatic carbocycles. The van der Waals surface area contributed by atoms with E-state index in [1.165, 1.54) is 77.1 Å². The van der Waals surface area contributed by atoms with Gasteiger partial charge in [-0.25, -0.2) is 9.97 Å². The van der Waals surface area contributed by atoms with Crippen LogP contribution in [-0.2, 0) is 5.41 Å². The van der Waals surface area contributed by atoms with Crippen LogP contribution in [0.15, 0.2) is 200 Å². The Bertz CT molecular complexity index is 3480. The zero-order valence-electron chi connectivity index (χ0n) is 33.4. The molecule has 0 saturated carbocycles. The molecule has 282 valence electrons. The molecule has 0 fully saturated rings. The van der Waals surface area contributed by atoms with E-state index in [4.69, 9.17) is 9.97 Å². The van der Waals surface area contributed by atoms with Gasteiger partial charge in [-0.3, -0.25) is 0 Å². The largest absolute Gasteiger partial charge is 0.309 e. The molecule has 60 heavy (non-hydrogen) atoms. The van der Waals surface area contributed by atoms with Crippen molar-refractivity contribution in [2.75, 3.05) is 0 Å². The van der Waals surface area contributed by atoms with Crippen molar-refractivity contribution in [3.05, 3.63) is 211 Å². The molecule has 2 heterocycles. The molecule has 1 aliphatic rings. The molecule has 0 aliphatic heterocycles. The van der Waals surface area contributed by atoms with E-state index in [1.54, 1.807) is 0 Å². The van der Waals surface area contributed by atoms with Crippen LogP contribution in [0, 0.1) is 0 Å². The summed E-state index contributed by atoms with van der Waals surface area (Å²) < 4.78 is 2.43. The maximum atomic E-state index is 5.33. The molecule has 0 spiro atoms. The second-order valence-electron chi connectivity index (χ2n) is 16.6. The van der Waals surface area contributed by atoms with Crippen molar-refractivity contribution in [3.8, 4) is 61.7 Å². The molecule has 3 nitrogen and oxygen atoms in total. The van der Waals surface area contributed by atoms with E-state index >= 15 is 0 Å². The van der Waals surface area contributed by atoms with Gasteiger partial charge >= 0.3 is 0 Å². The molecule has 12 rings (SSSR count). The molecule has 0 saturated heterocycles. The van der Waals surface area contributed by atoms with Gasteiger partial charge in [-0.1, -0.05) is 178 Å². The average Bonchev–Trinajstić information content (AvgIpc) is 3.76. The van der Waals surface area contributed by atoms with Gasteiger partial charge in [0.25, 0.3) is 0 Å². The van der Waals surface area contributed by atoms with Crippen molar-refractivity contribution in [2.45, 2.75) is 19.3 Å². The first-order valence-corrected chi connectivity index (χ1v) is 20.7. The van der Waals surface area contributed by atoms with Crippen LogP contribution in [-0.4, -0.2) is 14.5 Å². The molecule has 0 unspecified atom stereocenters. The summed E-state index contributed by atoms with van der Waals surface area (Å²) in [5.41, 5.74) is 17.4. The first-order valence-electron chi connectivity index (χ1n) is 20.7. The van der Waals surface area contributed by atoms with Crippen LogP contribution in [0.4, 0.5) is 0 Å². The Hall–Kier alpha value is -7.62. The number of hydrogen-bond acceptors (Lipinski definition) is 2. The Morgan fingerprint density at radius 3 is 1.78 bits per heavy atom. The highest BCUT2D eigenvalue weighted by atomic mass is 15.0. The Morgan fingerprint density at radius 2 is 1.02 bits per heavy atom. The van der Waals surface area contributed by atoms with Gasteiger partial charge in [0, 0.05) is 38.4 Å². The van der Waals surface area contributed by atoms with Gasteiger partial charge in [0.05, 0.1) is 22.2 Å². The minimum Gasteiger partial charge on any atom is -0.309 e. The predicted molar refractivity (Wildman–Crippen MR) is 251 cm³/mol. The van der Waals surface area contributed by atoms with Crippen LogP contribution in [0.25, 0.3) is 105 Å². The lowest BCUT2D eigenvalue weighted by Gasteiger charge is -2.23. The van der Waals surface area contributed by atoms with Crippen molar-refractivity contribution >= 4 is 43.5 Å². The summed E-state index contributed by atoms with van der Waals surface area (Å²) in [5, 5.41) is 6.15. The average molecular weight is 766 g/mol. The number of aromatic nitrogens is 3. The lowest BCUT2D eigenvalue weighted by Crippen LogP contribution is -2.15. The SMILES string of the molecule is CC1(C)c2cc3c(cc2-c2ccc4ccccc4c21)c1ccccc1n3-c1cccc(-c2nc(-c3ccc(-c4ccc(-c5ccccc5)cc4)cc3)c3ccccc3n2)c1. The summed E-state index contributed by atoms with van der Waals surface area (Å²) in [6.45, 7) is 4.77. The van der Waals surface area contributed by atoms with Crippen LogP contribution in [0.5, 0.6) is 0 Å². The molecule has 0 amide bonds. The third kappa shape index (κ3) is 5.29. The predicted octanol–water partition coefficient (Wildman–Crippen LogP) is 14.9. The van der Waals surface area contributed by atoms with Gasteiger partial charge in [-0.05, 0) is 91.7 Å². The van der Waals surface area contributed by atoms with Crippen LogP contribution >= 0.6 is 0 Å². The maximum absolute atomic E-state index is 5.33. The van der Waals surface area contributed by atoms with E-state index in [0.29, 0.717) is 5.82 Å². The van der Waals surface area contributed by atoms with E-state index in [-0.39, 0.29) is 5.41 Å². The van der Waals surface area contributed by atoms with Crippen LogP contribution < -0.4 is 0 Å². The summed E-state index contributed by atoms with van der Waals surface area (Å²) in [5.74, 6) is 0.705. The molecule has 11 aromatic rings. The normalized spacial score (nSPS) is 13.0. The summed E-state index contributed by atoms with van der Waals surface area (Å²) in [6, 6.07) is 72.3. The van der Waals surface area contributed by atoms with Gasteiger partial charge in [-0.2, -0.15) is 0 Å². The minimum atomic E-state index is -0.163. The highest BCUT2D eigenvalue weighted by Gasteiger charge is 2.37. The summed E-state index contributed by atoms with van der Waals surface area (Å²) in [7, 11) is 0. The lowest BCUT2D eigenvalue weighted by molar-refractivity contribution is 0.667. The molecule has 0 radical (unpaired) electrons. The first-order chi connectivity index (χ1) is 29.5. The summed E-state index contributed by atoms with van der Waals surface area (Å²) in [4.78, 5) is 10.5. The molecular formula is C57H39N3. The van der Waals surface area contributed by atoms with E-state index in [2.05, 4.69) is 219 Å². The minimum absolute atomic E-state index is 0.163. The fraction of sp³-hybridized carbons (Fsp3) is 0.0526. The number of rotatable bonds is 5. The quantitative estimate of drug-likeness (QED) is 0.175. The molecule has 0 bridgehead atoms. The van der Waals surface area contributed by atoms with Crippen molar-refractivity contribution in [2.24, 2.45) is 0 Å². The standard InChI is InChI=1S/C57H39N3/c1-57(2)50-35-53-49(34-48(50)46-32-31-40-15-6-7-18-44(40)54(46)57)45-19-9-11-22-52(45)60(53)43-17-12-16-42(33-43)56-58-51-21-10-8-20-47(51)55(59-56)41-29-27-39(28-30-41)38-25-23-37(24-26-38)36-13-4-3-5-14-36/h3-35H,1-2H3. The number of para-hydroxylation sites is 2. The fourth-order valence-electron chi connectivity index (χ4n) is 9.85. The second-order valence-corrected chi connectivity index (χ2v) is 16.6. The van der Waals surface area contributed by atoms with Crippen LogP contribution in [0.2, 0.25) is 0 Å². The van der Waals surface area contributed by atoms with Crippen LogP contribution in [0.1, 0.15) is 25.0 Å². The summed E-state index contributed by atoms with van der Waals surface area (Å²) in [6.07, 6.45) is 0. The van der Waals surface area contributed by atoms with Gasteiger partial charge in [-0.15, -0.1) is 0 Å². The van der Waals surface area contributed by atoms with Gasteiger partial charge in [0.15, 0.2) is 5.82 Å². The Kier molecular flexibility index (Phi) is 7.58. The Balaban J connectivity index is 0.961. The molecule has 2 aromatic heterocycles. The maximum Gasteiger partial charge on any atom is 0.160 e. The van der Waals surface area contributed by atoms with E-state index in [0.717, 1.165) is 33.4 Å². The highest BCUT2D eigenvalue weighted by Crippen LogP contribution is 2.53. The van der Waals surface area contributed by atoms with Gasteiger partial charge in [0.2, 0.25) is 0 Å². The van der Waals surface area contributed by atoms with Crippen LogP contribution in [0.3, 0.4) is 0 Å². The Labute approximate surface area is 348 Å². The number of fused-ring (bicyclic) bond motifs is 9. The van der Waals surface area contributed by atoms with Gasteiger partial charge in [0.1, 0.15) is 0 Å². The number of nitrogens with zero attached hydrogens (tertiary/aromatic N) is 3. The zero-order valence-corrected chi connectivity index (χ0v) is 33.4. The van der Waals surface area contributed by atoms with E-state index in [1.807, 2.05) is 0 Å². The Morgan fingerprint density at radius 1 is 0.400 bits per heavy atom. The van der Waals surface area contributed by atoms with Crippen molar-refractivity contribution < 1.29 is 0 Å². The third-order valence-electron chi connectivity index (χ3n) is 12.8. The molecule has 1 aliphatic carbocycles. The molecule has 0 atom stereocenters. The molecule has 3 heteroatoms. The van der Waals surface area contributed by atoms with Gasteiger partial charge < -0.3 is 4.57 Å². The smallest absolute Gasteiger partial charge is 0.160 e. The van der Waals surface area contributed by atoms with E-state index < -0.39 is 0 Å². The third-order valence-corrected chi connectivity index (χ3v) is 12.8. The van der Waals surface area contributed by atoms with E-state index in [9.17, 15) is 0 Å². The zero-order chi connectivity index (χ0) is 40.0. The number of benzene rings is 9. The lowest BCUT2D eigenvalue weighted by atomic mass is 9.80. The highest BCUT2D eigenvalue weighted by molar-refractivity contribution is 6.12. The fourth-order valence-corrected chi connectivity index (χ4v) is 9.85. The monoisotopic (exact) mass is 765 g/mol.